The number of thiocarbonyl (C=S) groups is 2. The highest BCUT2D eigenvalue weighted by atomic mass is 32.1. The molecule has 34 heavy (non-hydrogen) atoms. The van der Waals surface area contributed by atoms with Gasteiger partial charge >= 0.3 is 11.9 Å². The smallest absolute Gasteiger partial charge is 0.337 e. The lowest BCUT2D eigenvalue weighted by Gasteiger charge is -2.13. The zero-order valence-electron chi connectivity index (χ0n) is 18.4. The highest BCUT2D eigenvalue weighted by Gasteiger charge is 2.07. The Balaban J connectivity index is 1.49. The molecule has 0 radical (unpaired) electrons. The standard InChI is InChI=1S/C24H22N4O4S2/c1-31-21(29)15-3-7-17(8-4-15)25-23(33)27-19-11-13-20(14-12-19)28-24(34)26-18-9-5-16(6-10-18)22(30)32-2/h3-14H,1-2H3,(H2,25,27,33)(H2,26,28,34). The number of anilines is 4. The van der Waals surface area contributed by atoms with Crippen molar-refractivity contribution in [2.75, 3.05) is 35.5 Å². The molecular weight excluding hydrogens is 472 g/mol. The summed E-state index contributed by atoms with van der Waals surface area (Å²) in [6.07, 6.45) is 0. The second-order valence-electron chi connectivity index (χ2n) is 6.87. The molecule has 0 heterocycles. The van der Waals surface area contributed by atoms with Crippen molar-refractivity contribution >= 4 is 69.3 Å². The third-order valence-electron chi connectivity index (χ3n) is 4.53. The van der Waals surface area contributed by atoms with Crippen LogP contribution >= 0.6 is 24.4 Å². The Morgan fingerprint density at radius 1 is 0.529 bits per heavy atom. The molecule has 10 heteroatoms. The van der Waals surface area contributed by atoms with E-state index < -0.39 is 11.9 Å². The van der Waals surface area contributed by atoms with Crippen LogP contribution < -0.4 is 21.3 Å². The second kappa shape index (κ2) is 11.7. The molecule has 4 N–H and O–H groups in total. The summed E-state index contributed by atoms with van der Waals surface area (Å²) < 4.78 is 9.37. The second-order valence-corrected chi connectivity index (χ2v) is 7.69. The van der Waals surface area contributed by atoms with Gasteiger partial charge in [0.1, 0.15) is 0 Å². The minimum absolute atomic E-state index is 0.396. The molecular formula is C24H22N4O4S2. The van der Waals surface area contributed by atoms with Crippen LogP contribution in [0.3, 0.4) is 0 Å². The molecule has 3 aromatic carbocycles. The summed E-state index contributed by atoms with van der Waals surface area (Å²) in [4.78, 5) is 23.0. The number of ether oxygens (including phenoxy) is 2. The summed E-state index contributed by atoms with van der Waals surface area (Å²) in [7, 11) is 2.68. The van der Waals surface area contributed by atoms with Crippen molar-refractivity contribution in [1.29, 1.82) is 0 Å². The highest BCUT2D eigenvalue weighted by Crippen LogP contribution is 2.16. The Kier molecular flexibility index (Phi) is 8.49. The van der Waals surface area contributed by atoms with E-state index >= 15 is 0 Å². The van der Waals surface area contributed by atoms with E-state index in [-0.39, 0.29) is 0 Å². The Hall–Kier alpha value is -4.02. The first kappa shape index (κ1) is 24.6. The monoisotopic (exact) mass is 494 g/mol. The van der Waals surface area contributed by atoms with Gasteiger partial charge < -0.3 is 30.7 Å². The van der Waals surface area contributed by atoms with Gasteiger partial charge in [-0.1, -0.05) is 0 Å². The Morgan fingerprint density at radius 2 is 0.765 bits per heavy atom. The average molecular weight is 495 g/mol. The van der Waals surface area contributed by atoms with Crippen LogP contribution in [0.4, 0.5) is 22.7 Å². The molecule has 0 aromatic heterocycles. The van der Waals surface area contributed by atoms with E-state index in [1.165, 1.54) is 14.2 Å². The molecule has 0 aliphatic heterocycles. The summed E-state index contributed by atoms with van der Waals surface area (Å²) in [6, 6.07) is 21.0. The van der Waals surface area contributed by atoms with E-state index in [0.29, 0.717) is 21.4 Å². The van der Waals surface area contributed by atoms with Crippen molar-refractivity contribution in [2.24, 2.45) is 0 Å². The predicted molar refractivity (Wildman–Crippen MR) is 142 cm³/mol. The van der Waals surface area contributed by atoms with E-state index in [9.17, 15) is 9.59 Å². The van der Waals surface area contributed by atoms with Crippen LogP contribution in [0.15, 0.2) is 72.8 Å². The van der Waals surface area contributed by atoms with E-state index in [1.54, 1.807) is 48.5 Å². The zero-order chi connectivity index (χ0) is 24.5. The van der Waals surface area contributed by atoms with Gasteiger partial charge in [-0.25, -0.2) is 9.59 Å². The third kappa shape index (κ3) is 6.99. The van der Waals surface area contributed by atoms with Gasteiger partial charge in [0.05, 0.1) is 25.3 Å². The first-order chi connectivity index (χ1) is 16.4. The zero-order valence-corrected chi connectivity index (χ0v) is 20.0. The lowest BCUT2D eigenvalue weighted by atomic mass is 10.2. The Morgan fingerprint density at radius 3 is 1.00 bits per heavy atom. The van der Waals surface area contributed by atoms with E-state index in [0.717, 1.165) is 22.7 Å². The van der Waals surface area contributed by atoms with Gasteiger partial charge in [-0.05, 0) is 97.2 Å². The molecule has 3 aromatic rings. The van der Waals surface area contributed by atoms with Crippen molar-refractivity contribution in [1.82, 2.24) is 0 Å². The quantitative estimate of drug-likeness (QED) is 0.280. The minimum atomic E-state index is -0.396. The maximum Gasteiger partial charge on any atom is 0.337 e. The summed E-state index contributed by atoms with van der Waals surface area (Å²) in [5.74, 6) is -0.792. The molecule has 0 fully saturated rings. The van der Waals surface area contributed by atoms with Gasteiger partial charge in [0, 0.05) is 22.7 Å². The maximum absolute atomic E-state index is 11.5. The average Bonchev–Trinajstić information content (AvgIpc) is 2.85. The Labute approximate surface area is 207 Å². The first-order valence-corrected chi connectivity index (χ1v) is 10.8. The molecule has 3 rings (SSSR count). The van der Waals surface area contributed by atoms with Crippen molar-refractivity contribution < 1.29 is 19.1 Å². The maximum atomic E-state index is 11.5. The van der Waals surface area contributed by atoms with Gasteiger partial charge in [-0.3, -0.25) is 0 Å². The van der Waals surface area contributed by atoms with E-state index in [2.05, 4.69) is 30.7 Å². The number of benzene rings is 3. The van der Waals surface area contributed by atoms with E-state index in [1.807, 2.05) is 24.3 Å². The van der Waals surface area contributed by atoms with Crippen molar-refractivity contribution in [3.05, 3.63) is 83.9 Å². The van der Waals surface area contributed by atoms with Crippen molar-refractivity contribution in [3.63, 3.8) is 0 Å². The summed E-state index contributed by atoms with van der Waals surface area (Å²) in [6.45, 7) is 0. The fourth-order valence-electron chi connectivity index (χ4n) is 2.84. The normalized spacial score (nSPS) is 9.94. The summed E-state index contributed by atoms with van der Waals surface area (Å²) in [5.41, 5.74) is 3.96. The Bertz CT molecular complexity index is 1090. The lowest BCUT2D eigenvalue weighted by molar-refractivity contribution is 0.0592. The molecule has 0 saturated carbocycles. The number of carbonyl (C=O) groups is 2. The number of hydrogen-bond acceptors (Lipinski definition) is 6. The number of esters is 2. The van der Waals surface area contributed by atoms with Crippen LogP contribution in [-0.2, 0) is 9.47 Å². The lowest BCUT2D eigenvalue weighted by Crippen LogP contribution is -2.20. The van der Waals surface area contributed by atoms with Crippen molar-refractivity contribution in [2.45, 2.75) is 0 Å². The molecule has 0 unspecified atom stereocenters. The minimum Gasteiger partial charge on any atom is -0.465 e. The number of hydrogen-bond donors (Lipinski definition) is 4. The molecule has 0 spiro atoms. The van der Waals surface area contributed by atoms with Gasteiger partial charge in [0.25, 0.3) is 0 Å². The fourth-order valence-corrected chi connectivity index (χ4v) is 3.31. The number of carbonyl (C=O) groups excluding carboxylic acids is 2. The summed E-state index contributed by atoms with van der Waals surface area (Å²) >= 11 is 10.7. The van der Waals surface area contributed by atoms with E-state index in [4.69, 9.17) is 24.4 Å². The molecule has 0 aliphatic rings. The van der Waals surface area contributed by atoms with Gasteiger partial charge in [-0.15, -0.1) is 0 Å². The van der Waals surface area contributed by atoms with Crippen LogP contribution in [0.5, 0.6) is 0 Å². The number of nitrogens with one attached hydrogen (secondary N) is 4. The fraction of sp³-hybridized carbons (Fsp3) is 0.0833. The molecule has 0 aliphatic carbocycles. The molecule has 0 saturated heterocycles. The van der Waals surface area contributed by atoms with Crippen LogP contribution in [0.25, 0.3) is 0 Å². The largest absolute Gasteiger partial charge is 0.465 e. The first-order valence-electron chi connectivity index (χ1n) is 10.0. The summed E-state index contributed by atoms with van der Waals surface area (Å²) in [5, 5.41) is 13.1. The predicted octanol–water partition coefficient (Wildman–Crippen LogP) is 4.88. The van der Waals surface area contributed by atoms with Crippen LogP contribution in [0, 0.1) is 0 Å². The van der Waals surface area contributed by atoms with Crippen molar-refractivity contribution in [3.8, 4) is 0 Å². The topological polar surface area (TPSA) is 101 Å². The van der Waals surface area contributed by atoms with Gasteiger partial charge in [0.2, 0.25) is 0 Å². The molecule has 0 atom stereocenters. The SMILES string of the molecule is COC(=O)c1ccc(NC(=S)Nc2ccc(NC(=S)Nc3ccc(C(=O)OC)cc3)cc2)cc1. The number of rotatable bonds is 6. The van der Waals surface area contributed by atoms with Crippen LogP contribution in [0.1, 0.15) is 20.7 Å². The third-order valence-corrected chi connectivity index (χ3v) is 4.94. The molecule has 0 bridgehead atoms. The molecule has 0 amide bonds. The number of methoxy groups -OCH3 is 2. The molecule has 174 valence electrons. The highest BCUT2D eigenvalue weighted by molar-refractivity contribution is 7.81. The van der Waals surface area contributed by atoms with Gasteiger partial charge in [0.15, 0.2) is 10.2 Å². The molecule has 8 nitrogen and oxygen atoms in total. The van der Waals surface area contributed by atoms with Gasteiger partial charge in [-0.2, -0.15) is 0 Å². The van der Waals surface area contributed by atoms with Crippen LogP contribution in [-0.4, -0.2) is 36.4 Å². The van der Waals surface area contributed by atoms with Crippen LogP contribution in [0.2, 0.25) is 0 Å².